The molecule has 46 heavy (non-hydrogen) atoms. The number of benzene rings is 2. The number of hydrogen-bond acceptors (Lipinski definition) is 11. The number of aliphatic hydroxyl groups excluding tert-OH is 2. The smallest absolute Gasteiger partial charge is 0.410 e. The zero-order valence-electron chi connectivity index (χ0n) is 25.5. The van der Waals surface area contributed by atoms with Gasteiger partial charge in [-0.25, -0.2) is 9.59 Å². The standard InChI is InChI=1S/C33H38N2O11/c1-4-5-16-22-17-23(36)33(41)30(44-22)45-29-27(38)24(34(2)31(39)42-18-20-12-8-6-9-13-20)26(37)25(28(29)46-33)35(3)32(40)43-19-21-14-10-7-11-15-21/h4,6-15,17,24-30,37-38,41H,1,5,16,18-19H2,2-3H3/t24-,25+,26+,27+,28-,29-,30+,33+/m1/s1. The van der Waals surface area contributed by atoms with Gasteiger partial charge in [0.1, 0.15) is 43.4 Å². The lowest BCUT2D eigenvalue weighted by Gasteiger charge is -2.56. The predicted octanol–water partition coefficient (Wildman–Crippen LogP) is 2.24. The largest absolute Gasteiger partial charge is 0.463 e. The van der Waals surface area contributed by atoms with Crippen molar-refractivity contribution >= 4 is 18.0 Å². The lowest BCUT2D eigenvalue weighted by molar-refractivity contribution is -0.407. The Balaban J connectivity index is 1.42. The van der Waals surface area contributed by atoms with Crippen LogP contribution in [0, 0.1) is 0 Å². The molecular formula is C33H38N2O11. The van der Waals surface area contributed by atoms with Crippen LogP contribution in [0.2, 0.25) is 0 Å². The minimum atomic E-state index is -2.65. The highest BCUT2D eigenvalue weighted by Crippen LogP contribution is 2.42. The first-order chi connectivity index (χ1) is 22.0. The van der Waals surface area contributed by atoms with Crippen molar-refractivity contribution in [2.45, 2.75) is 74.6 Å². The van der Waals surface area contributed by atoms with E-state index in [4.69, 9.17) is 23.7 Å². The van der Waals surface area contributed by atoms with Crippen LogP contribution in [-0.2, 0) is 41.7 Å². The highest BCUT2D eigenvalue weighted by molar-refractivity contribution is 5.97. The van der Waals surface area contributed by atoms with E-state index < -0.39 is 66.5 Å². The molecule has 5 rings (SSSR count). The Hall–Kier alpha value is -4.27. The molecule has 246 valence electrons. The van der Waals surface area contributed by atoms with Gasteiger partial charge in [-0.15, -0.1) is 6.58 Å². The summed E-state index contributed by atoms with van der Waals surface area (Å²) in [6.45, 7) is 3.49. The number of likely N-dealkylation sites (N-methyl/N-ethyl adjacent to an activating group) is 2. The number of allylic oxidation sites excluding steroid dienone is 2. The number of ketones is 1. The van der Waals surface area contributed by atoms with Crippen LogP contribution in [0.5, 0.6) is 0 Å². The number of aliphatic hydroxyl groups is 3. The molecule has 2 aromatic rings. The van der Waals surface area contributed by atoms with Crippen molar-refractivity contribution in [3.63, 3.8) is 0 Å². The summed E-state index contributed by atoms with van der Waals surface area (Å²) in [4.78, 5) is 41.7. The highest BCUT2D eigenvalue weighted by atomic mass is 16.8. The highest BCUT2D eigenvalue weighted by Gasteiger charge is 2.65. The quantitative estimate of drug-likeness (QED) is 0.345. The SMILES string of the molecule is C=CCCC1=CC(=O)[C@]2(O)O[C@H]3[C@H](O[C@@H]2O1)[C@@H](O)[C@H](N(C)C(=O)OCc1ccccc1)[C@H](O)[C@@H]3N(C)C(=O)OCc1ccccc1. The molecule has 1 aliphatic carbocycles. The molecule has 2 heterocycles. The summed E-state index contributed by atoms with van der Waals surface area (Å²) < 4.78 is 28.6. The van der Waals surface area contributed by atoms with Crippen molar-refractivity contribution in [1.82, 2.24) is 9.80 Å². The number of amides is 2. The summed E-state index contributed by atoms with van der Waals surface area (Å²) in [6.07, 6.45) is -6.17. The second kappa shape index (κ2) is 14.0. The van der Waals surface area contributed by atoms with Crippen LogP contribution in [0.4, 0.5) is 9.59 Å². The molecule has 2 amide bonds. The van der Waals surface area contributed by atoms with Crippen molar-refractivity contribution in [3.8, 4) is 0 Å². The monoisotopic (exact) mass is 638 g/mol. The van der Waals surface area contributed by atoms with Crippen LogP contribution < -0.4 is 0 Å². The Bertz CT molecular complexity index is 1440. The molecular weight excluding hydrogens is 600 g/mol. The summed E-state index contributed by atoms with van der Waals surface area (Å²) in [7, 11) is 2.65. The van der Waals surface area contributed by atoms with E-state index in [-0.39, 0.29) is 25.4 Å². The van der Waals surface area contributed by atoms with Gasteiger partial charge >= 0.3 is 12.2 Å². The average molecular weight is 639 g/mol. The second-order valence-electron chi connectivity index (χ2n) is 11.4. The topological polar surface area (TPSA) is 165 Å². The molecule has 13 heteroatoms. The molecule has 2 aromatic carbocycles. The lowest BCUT2D eigenvalue weighted by atomic mass is 9.79. The summed E-state index contributed by atoms with van der Waals surface area (Å²) in [5.74, 6) is -3.32. The molecule has 2 aliphatic heterocycles. The van der Waals surface area contributed by atoms with Gasteiger partial charge in [0, 0.05) is 26.6 Å². The summed E-state index contributed by atoms with van der Waals surface area (Å²) in [6, 6.07) is 15.1. The molecule has 0 bridgehead atoms. The van der Waals surface area contributed by atoms with E-state index in [0.717, 1.165) is 21.4 Å². The minimum absolute atomic E-state index is 0.0748. The molecule has 0 spiro atoms. The Kier molecular flexibility index (Phi) is 10.1. The average Bonchev–Trinajstić information content (AvgIpc) is 3.06. The van der Waals surface area contributed by atoms with Gasteiger partial charge in [-0.05, 0) is 17.5 Å². The number of rotatable bonds is 9. The number of fused-ring (bicyclic) bond motifs is 2. The summed E-state index contributed by atoms with van der Waals surface area (Å²) >= 11 is 0. The summed E-state index contributed by atoms with van der Waals surface area (Å²) in [5, 5.41) is 34.7. The first-order valence-corrected chi connectivity index (χ1v) is 14.9. The van der Waals surface area contributed by atoms with Gasteiger partial charge in [0.2, 0.25) is 5.78 Å². The number of ether oxygens (including phenoxy) is 5. The maximum atomic E-state index is 13.3. The lowest BCUT2D eigenvalue weighted by Crippen LogP contribution is -2.78. The zero-order chi connectivity index (χ0) is 33.0. The number of nitrogens with zero attached hydrogens (tertiary/aromatic N) is 2. The third-order valence-corrected chi connectivity index (χ3v) is 8.34. The molecule has 2 fully saturated rings. The van der Waals surface area contributed by atoms with Gasteiger partial charge in [0.25, 0.3) is 12.1 Å². The van der Waals surface area contributed by atoms with Crippen LogP contribution in [0.15, 0.2) is 85.2 Å². The zero-order valence-corrected chi connectivity index (χ0v) is 25.5. The van der Waals surface area contributed by atoms with Crippen LogP contribution >= 0.6 is 0 Å². The molecule has 3 aliphatic rings. The Morgan fingerprint density at radius 2 is 1.43 bits per heavy atom. The van der Waals surface area contributed by atoms with E-state index in [1.165, 1.54) is 14.1 Å². The van der Waals surface area contributed by atoms with E-state index in [2.05, 4.69) is 6.58 Å². The van der Waals surface area contributed by atoms with E-state index >= 15 is 0 Å². The molecule has 0 aromatic heterocycles. The summed E-state index contributed by atoms with van der Waals surface area (Å²) in [5.41, 5.74) is 1.43. The molecule has 13 nitrogen and oxygen atoms in total. The third-order valence-electron chi connectivity index (χ3n) is 8.34. The predicted molar refractivity (Wildman–Crippen MR) is 160 cm³/mol. The van der Waals surface area contributed by atoms with Crippen LogP contribution in [-0.4, -0.2) is 106 Å². The molecule has 1 saturated heterocycles. The molecule has 3 N–H and O–H groups in total. The Morgan fingerprint density at radius 1 is 0.891 bits per heavy atom. The van der Waals surface area contributed by atoms with Crippen LogP contribution in [0.25, 0.3) is 0 Å². The Morgan fingerprint density at radius 3 is 1.98 bits per heavy atom. The van der Waals surface area contributed by atoms with E-state index in [9.17, 15) is 29.7 Å². The van der Waals surface area contributed by atoms with Gasteiger partial charge in [0.15, 0.2) is 0 Å². The second-order valence-corrected chi connectivity index (χ2v) is 11.4. The fourth-order valence-corrected chi connectivity index (χ4v) is 5.85. The van der Waals surface area contributed by atoms with E-state index in [1.54, 1.807) is 54.6 Å². The van der Waals surface area contributed by atoms with Crippen LogP contribution in [0.3, 0.4) is 0 Å². The van der Waals surface area contributed by atoms with Gasteiger partial charge in [0.05, 0.1) is 12.1 Å². The normalized spacial score (nSPS) is 30.1. The molecule has 0 unspecified atom stereocenters. The van der Waals surface area contributed by atoms with E-state index in [1.807, 2.05) is 12.1 Å². The minimum Gasteiger partial charge on any atom is -0.463 e. The maximum absolute atomic E-state index is 13.3. The maximum Gasteiger partial charge on any atom is 0.410 e. The van der Waals surface area contributed by atoms with Crippen molar-refractivity contribution in [2.75, 3.05) is 14.1 Å². The number of hydrogen-bond donors (Lipinski definition) is 3. The molecule has 1 saturated carbocycles. The van der Waals surface area contributed by atoms with Crippen molar-refractivity contribution in [3.05, 3.63) is 96.3 Å². The number of carbonyl (C=O) groups excluding carboxylic acids is 3. The first-order valence-electron chi connectivity index (χ1n) is 14.9. The fourth-order valence-electron chi connectivity index (χ4n) is 5.85. The third kappa shape index (κ3) is 6.64. The van der Waals surface area contributed by atoms with Gasteiger partial charge < -0.3 is 48.8 Å². The molecule has 8 atom stereocenters. The van der Waals surface area contributed by atoms with Gasteiger partial charge in [-0.3, -0.25) is 4.79 Å². The van der Waals surface area contributed by atoms with Gasteiger partial charge in [-0.2, -0.15) is 0 Å². The van der Waals surface area contributed by atoms with Gasteiger partial charge in [-0.1, -0.05) is 66.7 Å². The van der Waals surface area contributed by atoms with Crippen molar-refractivity contribution < 1.29 is 53.4 Å². The Labute approximate surface area is 266 Å². The van der Waals surface area contributed by atoms with Crippen LogP contribution in [0.1, 0.15) is 24.0 Å². The molecule has 0 radical (unpaired) electrons. The first kappa shape index (κ1) is 33.1. The van der Waals surface area contributed by atoms with Crippen molar-refractivity contribution in [2.24, 2.45) is 0 Å². The van der Waals surface area contributed by atoms with Crippen molar-refractivity contribution in [1.29, 1.82) is 0 Å². The number of carbonyl (C=O) groups is 3. The van der Waals surface area contributed by atoms with E-state index in [0.29, 0.717) is 12.0 Å². The fraction of sp³-hybridized carbons (Fsp3) is 0.424.